The van der Waals surface area contributed by atoms with E-state index in [2.05, 4.69) is 0 Å². The molecule has 0 unspecified atom stereocenters. The smallest absolute Gasteiger partial charge is 0.336 e. The number of hydrogen-bond acceptors (Lipinski definition) is 5. The van der Waals surface area contributed by atoms with E-state index in [-0.39, 0.29) is 5.41 Å². The van der Waals surface area contributed by atoms with Gasteiger partial charge in [-0.25, -0.2) is 4.79 Å². The molecule has 1 aromatic carbocycles. The molecule has 0 aliphatic heterocycles. The molecule has 0 radical (unpaired) electrons. The zero-order chi connectivity index (χ0) is 18.7. The van der Waals surface area contributed by atoms with Crippen LogP contribution >= 0.6 is 0 Å². The van der Waals surface area contributed by atoms with E-state index in [1.54, 1.807) is 18.4 Å². The molecular formula is C21H22O5. The van der Waals surface area contributed by atoms with Gasteiger partial charge < -0.3 is 18.4 Å². The van der Waals surface area contributed by atoms with Crippen LogP contribution in [0.3, 0.4) is 0 Å². The third-order valence-corrected chi connectivity index (χ3v) is 4.45. The number of carbonyl (C=O) groups excluding carboxylic acids is 1. The van der Waals surface area contributed by atoms with Crippen LogP contribution in [0.25, 0.3) is 21.9 Å². The van der Waals surface area contributed by atoms with E-state index in [1.165, 1.54) is 6.07 Å². The normalized spacial score (nSPS) is 12.7. The molecule has 5 heteroatoms. The summed E-state index contributed by atoms with van der Waals surface area (Å²) in [5.41, 5.74) is 1.48. The molecule has 2 aromatic heterocycles. The molecule has 0 saturated carbocycles. The molecule has 0 N–H and O–H groups in total. The second-order valence-electron chi connectivity index (χ2n) is 7.17. The molecule has 0 atom stereocenters. The minimum absolute atomic E-state index is 0.313. The number of furan rings is 1. The van der Waals surface area contributed by atoms with Crippen LogP contribution in [0.15, 0.2) is 55.8 Å². The number of allylic oxidation sites excluding steroid dienone is 1. The number of ether oxygens (including phenoxy) is 1. The van der Waals surface area contributed by atoms with Crippen LogP contribution in [0.4, 0.5) is 0 Å². The van der Waals surface area contributed by atoms with Gasteiger partial charge in [0.1, 0.15) is 29.8 Å². The topological polar surface area (TPSA) is 69.7 Å². The first kappa shape index (κ1) is 18.0. The summed E-state index contributed by atoms with van der Waals surface area (Å²) in [6.07, 6.45) is 6.21. The van der Waals surface area contributed by atoms with Crippen LogP contribution < -0.4 is 10.4 Å². The van der Waals surface area contributed by atoms with Gasteiger partial charge in [0.2, 0.25) is 0 Å². The molecule has 0 saturated heterocycles. The Morgan fingerprint density at radius 3 is 2.73 bits per heavy atom. The Kier molecular flexibility index (Phi) is 4.98. The molecule has 0 aliphatic rings. The van der Waals surface area contributed by atoms with Crippen LogP contribution in [0, 0.1) is 5.41 Å². The predicted molar refractivity (Wildman–Crippen MR) is 101 cm³/mol. The fourth-order valence-corrected chi connectivity index (χ4v) is 2.71. The number of rotatable bonds is 7. The van der Waals surface area contributed by atoms with Gasteiger partial charge in [0.15, 0.2) is 0 Å². The summed E-state index contributed by atoms with van der Waals surface area (Å²) < 4.78 is 16.7. The Morgan fingerprint density at radius 2 is 1.96 bits per heavy atom. The van der Waals surface area contributed by atoms with E-state index >= 15 is 0 Å². The highest BCUT2D eigenvalue weighted by atomic mass is 16.5. The summed E-state index contributed by atoms with van der Waals surface area (Å²) in [5, 5.41) is 1.56. The first-order valence-corrected chi connectivity index (χ1v) is 8.58. The third-order valence-electron chi connectivity index (χ3n) is 4.45. The maximum absolute atomic E-state index is 11.5. The molecule has 0 bridgehead atoms. The molecule has 5 nitrogen and oxygen atoms in total. The number of fused-ring (bicyclic) bond motifs is 2. The number of aldehydes is 1. The summed E-state index contributed by atoms with van der Waals surface area (Å²) in [6, 6.07) is 6.61. The van der Waals surface area contributed by atoms with E-state index in [4.69, 9.17) is 13.6 Å². The van der Waals surface area contributed by atoms with Crippen LogP contribution in [-0.2, 0) is 4.79 Å². The maximum atomic E-state index is 11.5. The first-order chi connectivity index (χ1) is 12.4. The Hall–Kier alpha value is -2.82. The zero-order valence-electron chi connectivity index (χ0n) is 15.2. The average Bonchev–Trinajstić information content (AvgIpc) is 3.07. The highest BCUT2D eigenvalue weighted by molar-refractivity contribution is 6.01. The Morgan fingerprint density at radius 1 is 1.19 bits per heavy atom. The number of benzene rings is 1. The van der Waals surface area contributed by atoms with Gasteiger partial charge in [0.25, 0.3) is 0 Å². The predicted octanol–water partition coefficient (Wildman–Crippen LogP) is 4.87. The van der Waals surface area contributed by atoms with Crippen molar-refractivity contribution in [2.24, 2.45) is 5.41 Å². The fourth-order valence-electron chi connectivity index (χ4n) is 2.71. The van der Waals surface area contributed by atoms with Crippen LogP contribution in [0.1, 0.15) is 33.6 Å². The van der Waals surface area contributed by atoms with Gasteiger partial charge in [-0.2, -0.15) is 0 Å². The van der Waals surface area contributed by atoms with Gasteiger partial charge in [-0.1, -0.05) is 19.4 Å². The van der Waals surface area contributed by atoms with Crippen molar-refractivity contribution in [2.75, 3.05) is 6.61 Å². The largest absolute Gasteiger partial charge is 0.488 e. The Balaban J connectivity index is 1.81. The van der Waals surface area contributed by atoms with E-state index in [0.29, 0.717) is 23.5 Å². The lowest BCUT2D eigenvalue weighted by Gasteiger charge is -2.16. The second-order valence-corrected chi connectivity index (χ2v) is 7.17. The SMILES string of the molecule is CC(=CCOc1c2ccoc2cc2oc(=O)ccc12)CCC(C)(C)C=O. The molecule has 0 aliphatic carbocycles. The van der Waals surface area contributed by atoms with Crippen molar-refractivity contribution < 1.29 is 18.4 Å². The van der Waals surface area contributed by atoms with Crippen molar-refractivity contribution in [1.29, 1.82) is 0 Å². The van der Waals surface area contributed by atoms with E-state index in [9.17, 15) is 9.59 Å². The molecule has 26 heavy (non-hydrogen) atoms. The van der Waals surface area contributed by atoms with Crippen LogP contribution in [0.5, 0.6) is 5.75 Å². The van der Waals surface area contributed by atoms with Crippen molar-refractivity contribution >= 4 is 28.2 Å². The summed E-state index contributed by atoms with van der Waals surface area (Å²) in [4.78, 5) is 22.5. The third kappa shape index (κ3) is 3.87. The molecule has 0 amide bonds. The molecule has 136 valence electrons. The highest BCUT2D eigenvalue weighted by Crippen LogP contribution is 2.35. The Labute approximate surface area is 151 Å². The van der Waals surface area contributed by atoms with Crippen LogP contribution in [-0.4, -0.2) is 12.9 Å². The lowest BCUT2D eigenvalue weighted by atomic mass is 9.88. The average molecular weight is 354 g/mol. The summed E-state index contributed by atoms with van der Waals surface area (Å²) in [6.45, 7) is 6.28. The van der Waals surface area contributed by atoms with E-state index < -0.39 is 5.63 Å². The molecule has 3 aromatic rings. The van der Waals surface area contributed by atoms with Gasteiger partial charge in [-0.3, -0.25) is 0 Å². The van der Waals surface area contributed by atoms with Gasteiger partial charge in [0, 0.05) is 17.5 Å². The van der Waals surface area contributed by atoms with Crippen molar-refractivity contribution in [2.45, 2.75) is 33.6 Å². The van der Waals surface area contributed by atoms with E-state index in [1.807, 2.05) is 32.9 Å². The van der Waals surface area contributed by atoms with Crippen molar-refractivity contribution in [3.63, 3.8) is 0 Å². The van der Waals surface area contributed by atoms with Crippen molar-refractivity contribution in [1.82, 2.24) is 0 Å². The van der Waals surface area contributed by atoms with Crippen LogP contribution in [0.2, 0.25) is 0 Å². The van der Waals surface area contributed by atoms with Crippen molar-refractivity contribution in [3.8, 4) is 5.75 Å². The minimum atomic E-state index is -0.414. The monoisotopic (exact) mass is 354 g/mol. The standard InChI is InChI=1S/C21H22O5/c1-14(6-9-21(2,3)13-22)7-10-25-20-15-4-5-19(23)26-18(15)12-17-16(20)8-11-24-17/h4-5,7-8,11-13H,6,9-10H2,1-3H3. The van der Waals surface area contributed by atoms with Crippen molar-refractivity contribution in [3.05, 3.63) is 52.6 Å². The number of carbonyl (C=O) groups is 1. The maximum Gasteiger partial charge on any atom is 0.336 e. The molecule has 0 spiro atoms. The van der Waals surface area contributed by atoms with Gasteiger partial charge in [-0.15, -0.1) is 0 Å². The zero-order valence-corrected chi connectivity index (χ0v) is 15.2. The minimum Gasteiger partial charge on any atom is -0.488 e. The summed E-state index contributed by atoms with van der Waals surface area (Å²) in [7, 11) is 0. The van der Waals surface area contributed by atoms with Gasteiger partial charge in [-0.05, 0) is 38.0 Å². The Bertz CT molecular complexity index is 1020. The highest BCUT2D eigenvalue weighted by Gasteiger charge is 2.16. The van der Waals surface area contributed by atoms with Gasteiger partial charge >= 0.3 is 5.63 Å². The molecule has 2 heterocycles. The lowest BCUT2D eigenvalue weighted by Crippen LogP contribution is -2.12. The molecule has 0 fully saturated rings. The first-order valence-electron chi connectivity index (χ1n) is 8.58. The summed E-state index contributed by atoms with van der Waals surface area (Å²) in [5.74, 6) is 0.632. The second kappa shape index (κ2) is 7.20. The quantitative estimate of drug-likeness (QED) is 0.344. The molecule has 3 rings (SSSR count). The fraction of sp³-hybridized carbons (Fsp3) is 0.333. The van der Waals surface area contributed by atoms with E-state index in [0.717, 1.165) is 35.5 Å². The van der Waals surface area contributed by atoms with Gasteiger partial charge in [0.05, 0.1) is 17.0 Å². The number of hydrogen-bond donors (Lipinski definition) is 0. The lowest BCUT2D eigenvalue weighted by molar-refractivity contribution is -0.114. The summed E-state index contributed by atoms with van der Waals surface area (Å²) >= 11 is 0. The molecular weight excluding hydrogens is 332 g/mol.